The number of carbonyl (C=O) groups excluding carboxylic acids is 2. The maximum absolute atomic E-state index is 13.2. The zero-order valence-electron chi connectivity index (χ0n) is 18.2. The second-order valence-corrected chi connectivity index (χ2v) is 8.07. The van der Waals surface area contributed by atoms with E-state index in [0.717, 1.165) is 16.5 Å². The highest BCUT2D eigenvalue weighted by atomic mass is 16.5. The molecule has 2 aromatic heterocycles. The van der Waals surface area contributed by atoms with Gasteiger partial charge in [0.15, 0.2) is 11.5 Å². The molecule has 9 heteroatoms. The number of carbonyl (C=O) groups is 2. The van der Waals surface area contributed by atoms with Crippen molar-refractivity contribution in [2.24, 2.45) is 0 Å². The van der Waals surface area contributed by atoms with E-state index in [9.17, 15) is 9.59 Å². The van der Waals surface area contributed by atoms with Crippen molar-refractivity contribution in [1.82, 2.24) is 25.2 Å². The summed E-state index contributed by atoms with van der Waals surface area (Å²) in [5, 5.41) is 14.7. The summed E-state index contributed by atoms with van der Waals surface area (Å²) in [5.74, 6) is 0.718. The quantitative estimate of drug-likeness (QED) is 0.490. The first-order valence-electron chi connectivity index (χ1n) is 10.9. The van der Waals surface area contributed by atoms with Gasteiger partial charge in [0.25, 0.3) is 5.91 Å². The van der Waals surface area contributed by atoms with Gasteiger partial charge in [0.05, 0.1) is 5.52 Å². The highest BCUT2D eigenvalue weighted by Gasteiger charge is 2.33. The predicted molar refractivity (Wildman–Crippen MR) is 123 cm³/mol. The number of anilines is 1. The van der Waals surface area contributed by atoms with E-state index in [4.69, 9.17) is 4.52 Å². The van der Waals surface area contributed by atoms with E-state index in [2.05, 4.69) is 25.6 Å². The second kappa shape index (κ2) is 8.87. The SMILES string of the molecule is Cc1cc(NC(=O)C(c2ccccc2)N2CCN(C(=O)c3n[nH]c4ccccc34)CC2)no1. The van der Waals surface area contributed by atoms with Crippen LogP contribution in [0, 0.1) is 6.92 Å². The van der Waals surface area contributed by atoms with Crippen molar-refractivity contribution in [3.8, 4) is 0 Å². The number of hydrogen-bond donors (Lipinski definition) is 2. The van der Waals surface area contributed by atoms with Gasteiger partial charge < -0.3 is 14.7 Å². The number of benzene rings is 2. The largest absolute Gasteiger partial charge is 0.360 e. The molecular weight excluding hydrogens is 420 g/mol. The van der Waals surface area contributed by atoms with Gasteiger partial charge in [-0.05, 0) is 18.6 Å². The van der Waals surface area contributed by atoms with E-state index in [-0.39, 0.29) is 11.8 Å². The van der Waals surface area contributed by atoms with Crippen molar-refractivity contribution in [2.45, 2.75) is 13.0 Å². The van der Waals surface area contributed by atoms with Crippen LogP contribution in [0.4, 0.5) is 5.82 Å². The number of aryl methyl sites for hydroxylation is 1. The van der Waals surface area contributed by atoms with Gasteiger partial charge in [0, 0.05) is 37.6 Å². The maximum Gasteiger partial charge on any atom is 0.275 e. The normalized spacial score (nSPS) is 15.5. The number of H-pyrrole nitrogens is 1. The molecule has 2 aromatic carbocycles. The Morgan fingerprint density at radius 2 is 1.76 bits per heavy atom. The number of aromatic nitrogens is 3. The Kier molecular flexibility index (Phi) is 5.62. The maximum atomic E-state index is 13.2. The predicted octanol–water partition coefficient (Wildman–Crippen LogP) is 3.00. The molecule has 5 rings (SSSR count). The number of para-hydroxylation sites is 1. The number of amides is 2. The summed E-state index contributed by atoms with van der Waals surface area (Å²) in [6.07, 6.45) is 0. The Balaban J connectivity index is 1.32. The van der Waals surface area contributed by atoms with Gasteiger partial charge in [-0.1, -0.05) is 53.7 Å². The molecule has 4 aromatic rings. The van der Waals surface area contributed by atoms with Crippen LogP contribution in [-0.4, -0.2) is 63.1 Å². The molecule has 0 aliphatic carbocycles. The van der Waals surface area contributed by atoms with Crippen LogP contribution in [0.3, 0.4) is 0 Å². The number of aromatic amines is 1. The molecule has 0 radical (unpaired) electrons. The molecule has 1 unspecified atom stereocenters. The lowest BCUT2D eigenvalue weighted by atomic mass is 10.0. The molecule has 2 N–H and O–H groups in total. The molecule has 1 aliphatic heterocycles. The molecule has 3 heterocycles. The minimum absolute atomic E-state index is 0.106. The van der Waals surface area contributed by atoms with Crippen molar-refractivity contribution in [1.29, 1.82) is 0 Å². The van der Waals surface area contributed by atoms with Gasteiger partial charge in [-0.2, -0.15) is 5.10 Å². The third kappa shape index (κ3) is 4.22. The first kappa shape index (κ1) is 20.9. The highest BCUT2D eigenvalue weighted by molar-refractivity contribution is 6.04. The van der Waals surface area contributed by atoms with Gasteiger partial charge in [-0.3, -0.25) is 19.6 Å². The molecule has 0 saturated carbocycles. The fraction of sp³-hybridized carbons (Fsp3) is 0.250. The molecule has 168 valence electrons. The van der Waals surface area contributed by atoms with E-state index in [1.807, 2.05) is 54.6 Å². The minimum Gasteiger partial charge on any atom is -0.360 e. The Morgan fingerprint density at radius 3 is 2.48 bits per heavy atom. The molecule has 2 amide bonds. The van der Waals surface area contributed by atoms with Crippen molar-refractivity contribution in [2.75, 3.05) is 31.5 Å². The molecule has 1 atom stereocenters. The van der Waals surface area contributed by atoms with Crippen molar-refractivity contribution >= 4 is 28.5 Å². The third-order valence-corrected chi connectivity index (χ3v) is 5.88. The second-order valence-electron chi connectivity index (χ2n) is 8.07. The minimum atomic E-state index is -0.508. The lowest BCUT2D eigenvalue weighted by Gasteiger charge is -2.38. The van der Waals surface area contributed by atoms with Crippen LogP contribution < -0.4 is 5.32 Å². The summed E-state index contributed by atoms with van der Waals surface area (Å²) in [5.41, 5.74) is 2.15. The Morgan fingerprint density at radius 1 is 1.03 bits per heavy atom. The third-order valence-electron chi connectivity index (χ3n) is 5.88. The van der Waals surface area contributed by atoms with Gasteiger partial charge in [0.2, 0.25) is 5.91 Å². The van der Waals surface area contributed by atoms with E-state index in [1.54, 1.807) is 17.9 Å². The molecule has 1 saturated heterocycles. The van der Waals surface area contributed by atoms with Crippen molar-refractivity contribution in [3.63, 3.8) is 0 Å². The lowest BCUT2D eigenvalue weighted by molar-refractivity contribution is -0.122. The van der Waals surface area contributed by atoms with E-state index in [1.165, 1.54) is 0 Å². The summed E-state index contributed by atoms with van der Waals surface area (Å²) in [6.45, 7) is 3.88. The fourth-order valence-electron chi connectivity index (χ4n) is 4.24. The summed E-state index contributed by atoms with van der Waals surface area (Å²) in [7, 11) is 0. The first-order valence-corrected chi connectivity index (χ1v) is 10.9. The summed E-state index contributed by atoms with van der Waals surface area (Å²) < 4.78 is 5.07. The van der Waals surface area contributed by atoms with E-state index in [0.29, 0.717) is 43.5 Å². The summed E-state index contributed by atoms with van der Waals surface area (Å²) in [6, 6.07) is 18.4. The number of rotatable bonds is 5. The van der Waals surface area contributed by atoms with Crippen LogP contribution in [0.2, 0.25) is 0 Å². The first-order chi connectivity index (χ1) is 16.1. The van der Waals surface area contributed by atoms with Crippen LogP contribution in [0.5, 0.6) is 0 Å². The van der Waals surface area contributed by atoms with E-state index >= 15 is 0 Å². The molecule has 33 heavy (non-hydrogen) atoms. The smallest absolute Gasteiger partial charge is 0.275 e. The molecule has 0 bridgehead atoms. The molecule has 1 fully saturated rings. The molecular formula is C24H24N6O3. The molecule has 9 nitrogen and oxygen atoms in total. The Labute approximate surface area is 190 Å². The van der Waals surface area contributed by atoms with Crippen LogP contribution in [0.1, 0.15) is 27.9 Å². The van der Waals surface area contributed by atoms with Crippen LogP contribution in [-0.2, 0) is 4.79 Å². The average Bonchev–Trinajstić information content (AvgIpc) is 3.46. The van der Waals surface area contributed by atoms with Crippen LogP contribution in [0.15, 0.2) is 65.2 Å². The Hall–Kier alpha value is -3.98. The van der Waals surface area contributed by atoms with Crippen LogP contribution in [0.25, 0.3) is 10.9 Å². The Bertz CT molecular complexity index is 1270. The number of hydrogen-bond acceptors (Lipinski definition) is 6. The standard InChI is InChI=1S/C24H24N6O3/c1-16-15-20(28-33-16)25-23(31)22(17-7-3-2-4-8-17)29-11-13-30(14-12-29)24(32)21-18-9-5-6-10-19(18)26-27-21/h2-10,15,22H,11-14H2,1H3,(H,26,27)(H,25,28,31). The van der Waals surface area contributed by atoms with Crippen molar-refractivity contribution < 1.29 is 14.1 Å². The summed E-state index contributed by atoms with van der Waals surface area (Å²) >= 11 is 0. The molecule has 0 spiro atoms. The van der Waals surface area contributed by atoms with Gasteiger partial charge in [-0.25, -0.2) is 0 Å². The molecule has 1 aliphatic rings. The number of fused-ring (bicyclic) bond motifs is 1. The highest BCUT2D eigenvalue weighted by Crippen LogP contribution is 2.25. The zero-order chi connectivity index (χ0) is 22.8. The summed E-state index contributed by atoms with van der Waals surface area (Å²) in [4.78, 5) is 30.2. The number of nitrogens with zero attached hydrogens (tertiary/aromatic N) is 4. The fourth-order valence-corrected chi connectivity index (χ4v) is 4.24. The topological polar surface area (TPSA) is 107 Å². The van der Waals surface area contributed by atoms with E-state index < -0.39 is 6.04 Å². The van der Waals surface area contributed by atoms with Crippen LogP contribution >= 0.6 is 0 Å². The van der Waals surface area contributed by atoms with Gasteiger partial charge in [-0.15, -0.1) is 0 Å². The monoisotopic (exact) mass is 444 g/mol. The number of piperazine rings is 1. The zero-order valence-corrected chi connectivity index (χ0v) is 18.2. The van der Waals surface area contributed by atoms with Gasteiger partial charge in [0.1, 0.15) is 11.8 Å². The number of nitrogens with one attached hydrogen (secondary N) is 2. The lowest BCUT2D eigenvalue weighted by Crippen LogP contribution is -2.51. The average molecular weight is 444 g/mol. The van der Waals surface area contributed by atoms with Crippen molar-refractivity contribution in [3.05, 3.63) is 77.7 Å². The van der Waals surface area contributed by atoms with Gasteiger partial charge >= 0.3 is 0 Å².